The summed E-state index contributed by atoms with van der Waals surface area (Å²) in [5, 5.41) is 4.48. The molecule has 6 heteroatoms. The van der Waals surface area contributed by atoms with E-state index in [4.69, 9.17) is 0 Å². The number of rotatable bonds is 4. The van der Waals surface area contributed by atoms with Gasteiger partial charge in [-0.1, -0.05) is 13.3 Å². The van der Waals surface area contributed by atoms with Crippen molar-refractivity contribution in [2.75, 3.05) is 14.1 Å². The molecule has 0 bridgehead atoms. The fourth-order valence-corrected chi connectivity index (χ4v) is 2.64. The molecule has 1 aromatic rings. The topological polar surface area (TPSA) is 38.1 Å². The Labute approximate surface area is 119 Å². The molecule has 1 amide bonds. The summed E-state index contributed by atoms with van der Waals surface area (Å²) >= 11 is 6.97. The SMILES string of the molecule is CCCc1nn(C(C)C(=O)N(C)C)c(Br)c1Br. The molecule has 0 aliphatic carbocycles. The van der Waals surface area contributed by atoms with Crippen molar-refractivity contribution in [2.45, 2.75) is 32.7 Å². The lowest BCUT2D eigenvalue weighted by Crippen LogP contribution is -2.30. The second-order valence-electron chi connectivity index (χ2n) is 4.15. The van der Waals surface area contributed by atoms with Crippen LogP contribution in [0.25, 0.3) is 0 Å². The summed E-state index contributed by atoms with van der Waals surface area (Å²) in [6.07, 6.45) is 1.92. The minimum Gasteiger partial charge on any atom is -0.347 e. The first kappa shape index (κ1) is 14.7. The van der Waals surface area contributed by atoms with Gasteiger partial charge in [-0.05, 0) is 45.2 Å². The van der Waals surface area contributed by atoms with Crippen molar-refractivity contribution < 1.29 is 4.79 Å². The summed E-state index contributed by atoms with van der Waals surface area (Å²) in [5.41, 5.74) is 0.984. The fraction of sp³-hybridized carbons (Fsp3) is 0.636. The predicted molar refractivity (Wildman–Crippen MR) is 75.0 cm³/mol. The average molecular weight is 367 g/mol. The highest BCUT2D eigenvalue weighted by molar-refractivity contribution is 9.13. The van der Waals surface area contributed by atoms with E-state index in [-0.39, 0.29) is 11.9 Å². The lowest BCUT2D eigenvalue weighted by molar-refractivity contribution is -0.132. The van der Waals surface area contributed by atoms with Crippen LogP contribution in [0.4, 0.5) is 0 Å². The van der Waals surface area contributed by atoms with Gasteiger partial charge in [0.25, 0.3) is 0 Å². The Morgan fingerprint density at radius 3 is 2.53 bits per heavy atom. The second kappa shape index (κ2) is 6.00. The minimum atomic E-state index is -0.304. The van der Waals surface area contributed by atoms with Crippen LogP contribution in [-0.4, -0.2) is 34.7 Å². The fourth-order valence-electron chi connectivity index (χ4n) is 1.57. The number of carbonyl (C=O) groups is 1. The third-order valence-electron chi connectivity index (χ3n) is 2.52. The van der Waals surface area contributed by atoms with Gasteiger partial charge in [-0.25, -0.2) is 4.68 Å². The molecule has 0 saturated carbocycles. The molecule has 1 unspecified atom stereocenters. The van der Waals surface area contributed by atoms with Gasteiger partial charge in [0, 0.05) is 14.1 Å². The van der Waals surface area contributed by atoms with Crippen molar-refractivity contribution in [1.82, 2.24) is 14.7 Å². The number of hydrogen-bond acceptors (Lipinski definition) is 2. The molecule has 0 saturated heterocycles. The number of amides is 1. The Bertz CT molecular complexity index is 415. The maximum atomic E-state index is 11.9. The van der Waals surface area contributed by atoms with Gasteiger partial charge >= 0.3 is 0 Å². The van der Waals surface area contributed by atoms with Gasteiger partial charge in [0.2, 0.25) is 5.91 Å². The van der Waals surface area contributed by atoms with Gasteiger partial charge < -0.3 is 4.90 Å². The Balaban J connectivity index is 3.06. The van der Waals surface area contributed by atoms with Crippen LogP contribution < -0.4 is 0 Å². The number of aryl methyl sites for hydroxylation is 1. The van der Waals surface area contributed by atoms with E-state index in [1.54, 1.807) is 23.7 Å². The molecule has 1 heterocycles. The van der Waals surface area contributed by atoms with Crippen LogP contribution in [0.15, 0.2) is 9.08 Å². The second-order valence-corrected chi connectivity index (χ2v) is 5.70. The molecule has 1 atom stereocenters. The van der Waals surface area contributed by atoms with Gasteiger partial charge in [0.15, 0.2) is 0 Å². The first-order valence-corrected chi connectivity index (χ1v) is 7.12. The van der Waals surface area contributed by atoms with E-state index < -0.39 is 0 Å². The molecule has 4 nitrogen and oxygen atoms in total. The number of likely N-dealkylation sites (N-methyl/N-ethyl adjacent to an activating group) is 1. The Kier molecular flexibility index (Phi) is 5.19. The summed E-state index contributed by atoms with van der Waals surface area (Å²) < 4.78 is 3.48. The minimum absolute atomic E-state index is 0.0312. The molecule has 1 aromatic heterocycles. The molecule has 0 aromatic carbocycles. The monoisotopic (exact) mass is 365 g/mol. The molecule has 96 valence electrons. The van der Waals surface area contributed by atoms with E-state index in [0.29, 0.717) is 0 Å². The molecule has 0 aliphatic heterocycles. The summed E-state index contributed by atoms with van der Waals surface area (Å²) in [6.45, 7) is 3.95. The zero-order chi connectivity index (χ0) is 13.2. The van der Waals surface area contributed by atoms with Gasteiger partial charge in [0.05, 0.1) is 10.2 Å². The standard InChI is InChI=1S/C11H17Br2N3O/c1-5-6-8-9(12)10(13)16(14-8)7(2)11(17)15(3)4/h7H,5-6H2,1-4H3. The van der Waals surface area contributed by atoms with E-state index in [1.807, 2.05) is 6.92 Å². The molecule has 1 rings (SSSR count). The number of carbonyl (C=O) groups excluding carboxylic acids is 1. The van der Waals surface area contributed by atoms with Gasteiger partial charge in [-0.2, -0.15) is 5.10 Å². The van der Waals surface area contributed by atoms with Gasteiger partial charge in [-0.15, -0.1) is 0 Å². The number of hydrogen-bond donors (Lipinski definition) is 0. The van der Waals surface area contributed by atoms with Crippen LogP contribution in [0.2, 0.25) is 0 Å². The lowest BCUT2D eigenvalue weighted by atomic mass is 10.3. The Morgan fingerprint density at radius 1 is 1.47 bits per heavy atom. The quantitative estimate of drug-likeness (QED) is 0.821. The molecular weight excluding hydrogens is 350 g/mol. The average Bonchev–Trinajstić information content (AvgIpc) is 2.56. The van der Waals surface area contributed by atoms with E-state index in [1.165, 1.54) is 0 Å². The summed E-state index contributed by atoms with van der Waals surface area (Å²) in [4.78, 5) is 13.5. The molecule has 0 aliphatic rings. The van der Waals surface area contributed by atoms with E-state index in [0.717, 1.165) is 27.6 Å². The summed E-state index contributed by atoms with van der Waals surface area (Å²) in [7, 11) is 3.50. The maximum absolute atomic E-state index is 11.9. The summed E-state index contributed by atoms with van der Waals surface area (Å²) in [5.74, 6) is 0.0312. The molecule has 0 N–H and O–H groups in total. The predicted octanol–water partition coefficient (Wildman–Crippen LogP) is 3.01. The van der Waals surface area contributed by atoms with Crippen molar-refractivity contribution in [1.29, 1.82) is 0 Å². The molecule has 0 radical (unpaired) electrons. The van der Waals surface area contributed by atoms with Gasteiger partial charge in [0.1, 0.15) is 10.6 Å². The van der Waals surface area contributed by atoms with Crippen molar-refractivity contribution >= 4 is 37.8 Å². The third-order valence-corrected chi connectivity index (χ3v) is 4.64. The van der Waals surface area contributed by atoms with E-state index >= 15 is 0 Å². The number of nitrogens with zero attached hydrogens (tertiary/aromatic N) is 3. The largest absolute Gasteiger partial charge is 0.347 e. The highest BCUT2D eigenvalue weighted by Crippen LogP contribution is 2.30. The zero-order valence-electron chi connectivity index (χ0n) is 10.5. The zero-order valence-corrected chi connectivity index (χ0v) is 13.7. The van der Waals surface area contributed by atoms with Crippen molar-refractivity contribution in [3.05, 3.63) is 14.8 Å². The number of aromatic nitrogens is 2. The molecule has 0 fully saturated rings. The van der Waals surface area contributed by atoms with Crippen LogP contribution in [0.1, 0.15) is 32.0 Å². The first-order chi connectivity index (χ1) is 7.90. The Morgan fingerprint density at radius 2 is 2.06 bits per heavy atom. The van der Waals surface area contributed by atoms with Crippen molar-refractivity contribution in [3.8, 4) is 0 Å². The third kappa shape index (κ3) is 3.10. The van der Waals surface area contributed by atoms with E-state index in [9.17, 15) is 4.79 Å². The highest BCUT2D eigenvalue weighted by Gasteiger charge is 2.23. The van der Waals surface area contributed by atoms with Crippen LogP contribution in [0.5, 0.6) is 0 Å². The molecule has 17 heavy (non-hydrogen) atoms. The molecule has 0 spiro atoms. The normalized spacial score (nSPS) is 12.6. The smallest absolute Gasteiger partial charge is 0.246 e. The van der Waals surface area contributed by atoms with Crippen molar-refractivity contribution in [2.24, 2.45) is 0 Å². The van der Waals surface area contributed by atoms with Crippen LogP contribution in [0, 0.1) is 0 Å². The maximum Gasteiger partial charge on any atom is 0.246 e. The van der Waals surface area contributed by atoms with Crippen LogP contribution in [-0.2, 0) is 11.2 Å². The van der Waals surface area contributed by atoms with Gasteiger partial charge in [-0.3, -0.25) is 4.79 Å². The van der Waals surface area contributed by atoms with Crippen molar-refractivity contribution in [3.63, 3.8) is 0 Å². The Hall–Kier alpha value is -0.360. The van der Waals surface area contributed by atoms with E-state index in [2.05, 4.69) is 43.9 Å². The lowest BCUT2D eigenvalue weighted by Gasteiger charge is -2.17. The highest BCUT2D eigenvalue weighted by atomic mass is 79.9. The molecular formula is C11H17Br2N3O. The van der Waals surface area contributed by atoms with Crippen LogP contribution >= 0.6 is 31.9 Å². The van der Waals surface area contributed by atoms with Crippen LogP contribution in [0.3, 0.4) is 0 Å². The summed E-state index contributed by atoms with van der Waals surface area (Å²) in [6, 6.07) is -0.304. The number of halogens is 2. The first-order valence-electron chi connectivity index (χ1n) is 5.53.